The third-order valence-corrected chi connectivity index (χ3v) is 12.0. The summed E-state index contributed by atoms with van der Waals surface area (Å²) in [5.41, 5.74) is 1.85. The fraction of sp³-hybridized carbons (Fsp3) is 0.871. The SMILES string of the molecule is CC(=O)OC[C@]1(C)CO[C@]2(C1)O[C@H]1C[C@H]3[C@@H]4CC=C5C[C@@H](OC(C)=O)CC[C@]5(C)[C@H]4CC[C@]3(C)[C@H]1[C@@H]2C. The predicted molar refractivity (Wildman–Crippen MR) is 138 cm³/mol. The number of esters is 2. The van der Waals surface area contributed by atoms with Crippen LogP contribution in [-0.2, 0) is 28.5 Å². The molecule has 0 unspecified atom stereocenters. The first-order valence-corrected chi connectivity index (χ1v) is 14.7. The topological polar surface area (TPSA) is 71.1 Å². The molecule has 3 saturated carbocycles. The molecule has 6 heteroatoms. The standard InChI is InChI=1S/C31H46O6/c1-18-27-26(37-31(18)15-28(4,17-35-31)16-34-19(2)32)14-25-23-8-7-21-13-22(36-20(3)33)9-11-29(21,5)24(23)10-12-30(25,27)6/h7,18,22-27H,8-17H2,1-6H3/t18-,22-,23+,24-,25-,26-,27-,28+,29-,30-,31+/m0/s1. The molecule has 206 valence electrons. The molecule has 0 aromatic heterocycles. The van der Waals surface area contributed by atoms with Crippen LogP contribution in [0.25, 0.3) is 0 Å². The van der Waals surface area contributed by atoms with E-state index in [1.807, 2.05) is 0 Å². The number of rotatable bonds is 3. The highest BCUT2D eigenvalue weighted by atomic mass is 16.7. The third-order valence-electron chi connectivity index (χ3n) is 12.0. The Balaban J connectivity index is 1.20. The summed E-state index contributed by atoms with van der Waals surface area (Å²) < 4.78 is 24.5. The van der Waals surface area contributed by atoms with E-state index in [2.05, 4.69) is 33.8 Å². The van der Waals surface area contributed by atoms with E-state index in [1.54, 1.807) is 5.57 Å². The van der Waals surface area contributed by atoms with E-state index < -0.39 is 5.79 Å². The van der Waals surface area contributed by atoms with Gasteiger partial charge in [0, 0.05) is 38.0 Å². The van der Waals surface area contributed by atoms with Gasteiger partial charge in [-0.1, -0.05) is 39.3 Å². The van der Waals surface area contributed by atoms with Gasteiger partial charge in [-0.15, -0.1) is 0 Å². The van der Waals surface area contributed by atoms with Crippen molar-refractivity contribution in [1.82, 2.24) is 0 Å². The second-order valence-electron chi connectivity index (χ2n) is 14.4. The Kier molecular flexibility index (Phi) is 5.97. The van der Waals surface area contributed by atoms with Crippen molar-refractivity contribution in [3.8, 4) is 0 Å². The third kappa shape index (κ3) is 3.86. The summed E-state index contributed by atoms with van der Waals surface area (Å²) in [4.78, 5) is 23.0. The zero-order valence-corrected chi connectivity index (χ0v) is 23.6. The Hall–Kier alpha value is -1.40. The van der Waals surface area contributed by atoms with Crippen molar-refractivity contribution in [2.45, 2.75) is 111 Å². The summed E-state index contributed by atoms with van der Waals surface area (Å²) in [6.45, 7) is 13.6. The number of carbonyl (C=O) groups excluding carboxylic acids is 2. The molecule has 2 aliphatic heterocycles. The maximum atomic E-state index is 11.6. The van der Waals surface area contributed by atoms with Crippen molar-refractivity contribution >= 4 is 11.9 Å². The molecule has 5 fully saturated rings. The predicted octanol–water partition coefficient (Wildman–Crippen LogP) is 5.83. The molecular formula is C31H46O6. The van der Waals surface area contributed by atoms with E-state index in [0.29, 0.717) is 42.8 Å². The Morgan fingerprint density at radius 3 is 2.59 bits per heavy atom. The molecule has 0 amide bonds. The molecule has 11 atom stereocenters. The Morgan fingerprint density at radius 2 is 1.86 bits per heavy atom. The van der Waals surface area contributed by atoms with Gasteiger partial charge in [-0.05, 0) is 73.0 Å². The number of hydrogen-bond donors (Lipinski definition) is 0. The van der Waals surface area contributed by atoms with Gasteiger partial charge in [0.15, 0.2) is 5.79 Å². The average molecular weight is 515 g/mol. The normalized spacial score (nSPS) is 52.1. The van der Waals surface area contributed by atoms with Crippen LogP contribution in [0.5, 0.6) is 0 Å². The van der Waals surface area contributed by atoms with Crippen LogP contribution < -0.4 is 0 Å². The highest BCUT2D eigenvalue weighted by molar-refractivity contribution is 5.66. The van der Waals surface area contributed by atoms with E-state index in [0.717, 1.165) is 38.5 Å². The van der Waals surface area contributed by atoms with Gasteiger partial charge in [0.05, 0.1) is 19.3 Å². The molecular weight excluding hydrogens is 468 g/mol. The van der Waals surface area contributed by atoms with Crippen LogP contribution in [-0.4, -0.2) is 43.1 Å². The van der Waals surface area contributed by atoms with Crippen molar-refractivity contribution in [2.75, 3.05) is 13.2 Å². The first-order valence-electron chi connectivity index (χ1n) is 14.7. The number of fused-ring (bicyclic) bond motifs is 7. The summed E-state index contributed by atoms with van der Waals surface area (Å²) >= 11 is 0. The van der Waals surface area contributed by atoms with Crippen molar-refractivity contribution < 1.29 is 28.5 Å². The minimum Gasteiger partial charge on any atom is -0.465 e. The molecule has 0 aromatic rings. The van der Waals surface area contributed by atoms with Crippen LogP contribution in [0.15, 0.2) is 11.6 Å². The van der Waals surface area contributed by atoms with Crippen molar-refractivity contribution in [2.24, 2.45) is 45.8 Å². The van der Waals surface area contributed by atoms with E-state index in [1.165, 1.54) is 26.7 Å². The lowest BCUT2D eigenvalue weighted by Gasteiger charge is -2.58. The monoisotopic (exact) mass is 514 g/mol. The fourth-order valence-electron chi connectivity index (χ4n) is 10.4. The molecule has 1 spiro atoms. The first kappa shape index (κ1) is 25.9. The highest BCUT2D eigenvalue weighted by Gasteiger charge is 2.70. The maximum Gasteiger partial charge on any atom is 0.302 e. The number of hydrogen-bond acceptors (Lipinski definition) is 6. The zero-order chi connectivity index (χ0) is 26.4. The number of ether oxygens (including phenoxy) is 4. The minimum atomic E-state index is -0.546. The lowest BCUT2D eigenvalue weighted by Crippen LogP contribution is -2.52. The molecule has 4 aliphatic carbocycles. The molecule has 6 nitrogen and oxygen atoms in total. The Bertz CT molecular complexity index is 1010. The summed E-state index contributed by atoms with van der Waals surface area (Å²) in [7, 11) is 0. The van der Waals surface area contributed by atoms with Gasteiger partial charge < -0.3 is 18.9 Å². The van der Waals surface area contributed by atoms with Crippen LogP contribution in [0.2, 0.25) is 0 Å². The van der Waals surface area contributed by atoms with Gasteiger partial charge in [-0.3, -0.25) is 9.59 Å². The summed E-state index contributed by atoms with van der Waals surface area (Å²) in [6.07, 6.45) is 11.5. The van der Waals surface area contributed by atoms with Gasteiger partial charge in [-0.25, -0.2) is 0 Å². The molecule has 6 rings (SSSR count). The van der Waals surface area contributed by atoms with Crippen molar-refractivity contribution in [3.05, 3.63) is 11.6 Å². The molecule has 0 radical (unpaired) electrons. The molecule has 37 heavy (non-hydrogen) atoms. The minimum absolute atomic E-state index is 0.0523. The van der Waals surface area contributed by atoms with Crippen molar-refractivity contribution in [3.63, 3.8) is 0 Å². The average Bonchev–Trinajstić information content (AvgIpc) is 3.41. The van der Waals surface area contributed by atoms with Crippen LogP contribution in [0.3, 0.4) is 0 Å². The van der Waals surface area contributed by atoms with Crippen LogP contribution in [0.1, 0.15) is 92.9 Å². The van der Waals surface area contributed by atoms with Crippen LogP contribution in [0, 0.1) is 45.8 Å². The lowest BCUT2D eigenvalue weighted by atomic mass is 9.47. The van der Waals surface area contributed by atoms with E-state index in [-0.39, 0.29) is 40.4 Å². The Labute approximate surface area is 222 Å². The van der Waals surface area contributed by atoms with Crippen LogP contribution in [0.4, 0.5) is 0 Å². The summed E-state index contributed by atoms with van der Waals surface area (Å²) in [5, 5.41) is 0. The fourth-order valence-corrected chi connectivity index (χ4v) is 10.4. The number of carbonyl (C=O) groups is 2. The molecule has 6 aliphatic rings. The molecule has 0 aromatic carbocycles. The summed E-state index contributed by atoms with van der Waals surface area (Å²) in [6, 6.07) is 0. The molecule has 2 saturated heterocycles. The zero-order valence-electron chi connectivity index (χ0n) is 23.6. The smallest absolute Gasteiger partial charge is 0.302 e. The second kappa shape index (κ2) is 8.55. The lowest BCUT2D eigenvalue weighted by molar-refractivity contribution is -0.220. The van der Waals surface area contributed by atoms with Gasteiger partial charge in [-0.2, -0.15) is 0 Å². The van der Waals surface area contributed by atoms with E-state index >= 15 is 0 Å². The van der Waals surface area contributed by atoms with E-state index in [9.17, 15) is 9.59 Å². The molecule has 0 bridgehead atoms. The quantitative estimate of drug-likeness (QED) is 0.349. The first-order chi connectivity index (χ1) is 17.4. The highest BCUT2D eigenvalue weighted by Crippen LogP contribution is 2.71. The van der Waals surface area contributed by atoms with Gasteiger partial charge in [0.1, 0.15) is 6.10 Å². The van der Waals surface area contributed by atoms with Crippen LogP contribution >= 0.6 is 0 Å². The Morgan fingerprint density at radius 1 is 1.08 bits per heavy atom. The molecule has 2 heterocycles. The van der Waals surface area contributed by atoms with Gasteiger partial charge >= 0.3 is 11.9 Å². The summed E-state index contributed by atoms with van der Waals surface area (Å²) in [5.74, 6) is 1.99. The van der Waals surface area contributed by atoms with Gasteiger partial charge in [0.2, 0.25) is 0 Å². The molecule has 0 N–H and O–H groups in total. The second-order valence-corrected chi connectivity index (χ2v) is 14.4. The largest absolute Gasteiger partial charge is 0.465 e. The number of allylic oxidation sites excluding steroid dienone is 1. The maximum absolute atomic E-state index is 11.6. The van der Waals surface area contributed by atoms with Crippen molar-refractivity contribution in [1.29, 1.82) is 0 Å². The van der Waals surface area contributed by atoms with E-state index in [4.69, 9.17) is 18.9 Å². The van der Waals surface area contributed by atoms with Gasteiger partial charge in [0.25, 0.3) is 0 Å².